The number of carbonyl (C=O) groups excluding carboxylic acids is 1. The van der Waals surface area contributed by atoms with E-state index in [1.54, 1.807) is 6.07 Å². The molecule has 0 bridgehead atoms. The minimum atomic E-state index is -1.19. The minimum absolute atomic E-state index is 0.0774. The maximum atomic E-state index is 11.3. The summed E-state index contributed by atoms with van der Waals surface area (Å²) in [5, 5.41) is 11.4. The number of likely N-dealkylation sites (N-methyl/N-ethyl adjacent to an activating group) is 1. The largest absolute Gasteiger partial charge is 0.480 e. The third kappa shape index (κ3) is 2.87. The van der Waals surface area contributed by atoms with Crippen LogP contribution in [0.3, 0.4) is 0 Å². The van der Waals surface area contributed by atoms with E-state index in [0.717, 1.165) is 0 Å². The Morgan fingerprint density at radius 3 is 2.65 bits per heavy atom. The van der Waals surface area contributed by atoms with Gasteiger partial charge in [-0.05, 0) is 19.1 Å². The van der Waals surface area contributed by atoms with Crippen LogP contribution in [0.15, 0.2) is 18.2 Å². The predicted molar refractivity (Wildman–Crippen MR) is 62.0 cm³/mol. The van der Waals surface area contributed by atoms with Crippen LogP contribution in [0.4, 0.5) is 5.69 Å². The van der Waals surface area contributed by atoms with Crippen molar-refractivity contribution >= 4 is 17.6 Å². The smallest absolute Gasteiger partial charge is 0.341 e. The van der Waals surface area contributed by atoms with Gasteiger partial charge in [-0.15, -0.1) is 0 Å². The van der Waals surface area contributed by atoms with Gasteiger partial charge in [-0.2, -0.15) is 0 Å². The SMILES string of the molecule is CNC(=O)C(C)Oc1cccc(N)c1C(=O)O. The molecular weight excluding hydrogens is 224 g/mol. The first kappa shape index (κ1) is 12.8. The van der Waals surface area contributed by atoms with Crippen molar-refractivity contribution in [3.63, 3.8) is 0 Å². The molecule has 0 saturated heterocycles. The van der Waals surface area contributed by atoms with Gasteiger partial charge in [0.15, 0.2) is 6.10 Å². The molecule has 0 aromatic heterocycles. The molecule has 0 radical (unpaired) electrons. The highest BCUT2D eigenvalue weighted by Crippen LogP contribution is 2.25. The van der Waals surface area contributed by atoms with Crippen molar-refractivity contribution in [2.24, 2.45) is 0 Å². The van der Waals surface area contributed by atoms with Crippen LogP contribution < -0.4 is 15.8 Å². The zero-order valence-corrected chi connectivity index (χ0v) is 9.56. The number of carbonyl (C=O) groups is 2. The summed E-state index contributed by atoms with van der Waals surface area (Å²) in [7, 11) is 1.47. The van der Waals surface area contributed by atoms with E-state index in [1.807, 2.05) is 0 Å². The summed E-state index contributed by atoms with van der Waals surface area (Å²) in [4.78, 5) is 22.3. The van der Waals surface area contributed by atoms with Gasteiger partial charge in [0.1, 0.15) is 11.3 Å². The molecule has 0 aliphatic carbocycles. The van der Waals surface area contributed by atoms with Gasteiger partial charge in [-0.1, -0.05) is 6.07 Å². The van der Waals surface area contributed by atoms with E-state index in [4.69, 9.17) is 15.6 Å². The lowest BCUT2D eigenvalue weighted by Crippen LogP contribution is -2.34. The van der Waals surface area contributed by atoms with Gasteiger partial charge in [0, 0.05) is 12.7 Å². The highest BCUT2D eigenvalue weighted by atomic mass is 16.5. The fourth-order valence-electron chi connectivity index (χ4n) is 1.32. The molecule has 6 heteroatoms. The molecule has 0 aliphatic heterocycles. The average molecular weight is 238 g/mol. The second-order valence-corrected chi connectivity index (χ2v) is 3.40. The minimum Gasteiger partial charge on any atom is -0.480 e. The van der Waals surface area contributed by atoms with Gasteiger partial charge < -0.3 is 20.9 Å². The Balaban J connectivity index is 3.02. The van der Waals surface area contributed by atoms with Crippen molar-refractivity contribution in [3.05, 3.63) is 23.8 Å². The molecule has 92 valence electrons. The number of amides is 1. The zero-order valence-electron chi connectivity index (χ0n) is 9.56. The molecule has 0 heterocycles. The van der Waals surface area contributed by atoms with E-state index in [2.05, 4.69) is 5.32 Å². The standard InChI is InChI=1S/C11H14N2O4/c1-6(10(14)13-2)17-8-5-3-4-7(12)9(8)11(15)16/h3-6H,12H2,1-2H3,(H,13,14)(H,15,16). The van der Waals surface area contributed by atoms with Crippen molar-refractivity contribution in [1.29, 1.82) is 0 Å². The normalized spacial score (nSPS) is 11.6. The highest BCUT2D eigenvalue weighted by Gasteiger charge is 2.19. The van der Waals surface area contributed by atoms with E-state index < -0.39 is 12.1 Å². The summed E-state index contributed by atoms with van der Waals surface area (Å²) in [5.41, 5.74) is 5.51. The Labute approximate surface area is 98.4 Å². The van der Waals surface area contributed by atoms with E-state index >= 15 is 0 Å². The Hall–Kier alpha value is -2.24. The first-order valence-electron chi connectivity index (χ1n) is 4.97. The maximum Gasteiger partial charge on any atom is 0.341 e. The van der Waals surface area contributed by atoms with Crippen molar-refractivity contribution in [2.75, 3.05) is 12.8 Å². The number of nitrogens with two attached hydrogens (primary N) is 1. The maximum absolute atomic E-state index is 11.3. The summed E-state index contributed by atoms with van der Waals surface area (Å²) in [5.74, 6) is -1.46. The second kappa shape index (κ2) is 5.20. The topological polar surface area (TPSA) is 102 Å². The van der Waals surface area contributed by atoms with E-state index in [-0.39, 0.29) is 22.9 Å². The van der Waals surface area contributed by atoms with Crippen molar-refractivity contribution < 1.29 is 19.4 Å². The molecular formula is C11H14N2O4. The zero-order chi connectivity index (χ0) is 13.0. The molecule has 0 aliphatic rings. The van der Waals surface area contributed by atoms with Crippen LogP contribution in [0.2, 0.25) is 0 Å². The van der Waals surface area contributed by atoms with Crippen LogP contribution in [0.25, 0.3) is 0 Å². The van der Waals surface area contributed by atoms with Crippen LogP contribution >= 0.6 is 0 Å². The third-order valence-corrected chi connectivity index (χ3v) is 2.19. The fraction of sp³-hybridized carbons (Fsp3) is 0.273. The molecule has 6 nitrogen and oxygen atoms in total. The van der Waals surface area contributed by atoms with Gasteiger partial charge in [0.25, 0.3) is 5.91 Å². The monoisotopic (exact) mass is 238 g/mol. The quantitative estimate of drug-likeness (QED) is 0.662. The Morgan fingerprint density at radius 2 is 2.12 bits per heavy atom. The third-order valence-electron chi connectivity index (χ3n) is 2.19. The van der Waals surface area contributed by atoms with Crippen molar-refractivity contribution in [1.82, 2.24) is 5.32 Å². The number of hydrogen-bond donors (Lipinski definition) is 3. The van der Waals surface area contributed by atoms with E-state index in [0.29, 0.717) is 0 Å². The summed E-state index contributed by atoms with van der Waals surface area (Å²) in [6.07, 6.45) is -0.792. The van der Waals surface area contributed by atoms with Gasteiger partial charge in [0.05, 0.1) is 0 Å². The summed E-state index contributed by atoms with van der Waals surface area (Å²) in [6.45, 7) is 1.52. The number of anilines is 1. The lowest BCUT2D eigenvalue weighted by atomic mass is 10.1. The van der Waals surface area contributed by atoms with Crippen molar-refractivity contribution in [2.45, 2.75) is 13.0 Å². The molecule has 1 amide bonds. The predicted octanol–water partition coefficient (Wildman–Crippen LogP) is 0.480. The Morgan fingerprint density at radius 1 is 1.47 bits per heavy atom. The molecule has 0 saturated carbocycles. The van der Waals surface area contributed by atoms with Crippen LogP contribution in [-0.4, -0.2) is 30.1 Å². The number of hydrogen-bond acceptors (Lipinski definition) is 4. The number of nitrogens with one attached hydrogen (secondary N) is 1. The number of rotatable bonds is 4. The molecule has 0 fully saturated rings. The number of carboxylic acids is 1. The number of benzene rings is 1. The molecule has 0 spiro atoms. The van der Waals surface area contributed by atoms with Crippen molar-refractivity contribution in [3.8, 4) is 5.75 Å². The van der Waals surface area contributed by atoms with Crippen LogP contribution in [-0.2, 0) is 4.79 Å². The lowest BCUT2D eigenvalue weighted by molar-refractivity contribution is -0.126. The Kier molecular flexibility index (Phi) is 3.92. The molecule has 1 rings (SSSR count). The first-order chi connectivity index (χ1) is 7.97. The van der Waals surface area contributed by atoms with Crippen LogP contribution in [0, 0.1) is 0 Å². The molecule has 1 aromatic carbocycles. The van der Waals surface area contributed by atoms with E-state index in [9.17, 15) is 9.59 Å². The Bertz CT molecular complexity index is 445. The average Bonchev–Trinajstić information content (AvgIpc) is 2.27. The molecule has 1 atom stereocenters. The first-order valence-corrected chi connectivity index (χ1v) is 4.97. The fourth-order valence-corrected chi connectivity index (χ4v) is 1.32. The van der Waals surface area contributed by atoms with Gasteiger partial charge in [-0.3, -0.25) is 4.79 Å². The van der Waals surface area contributed by atoms with Crippen LogP contribution in [0.5, 0.6) is 5.75 Å². The summed E-state index contributed by atoms with van der Waals surface area (Å²) in [6, 6.07) is 4.48. The number of ether oxygens (including phenoxy) is 1. The van der Waals surface area contributed by atoms with E-state index in [1.165, 1.54) is 26.1 Å². The van der Waals surface area contributed by atoms with Crippen LogP contribution in [0.1, 0.15) is 17.3 Å². The second-order valence-electron chi connectivity index (χ2n) is 3.40. The number of aromatic carboxylic acids is 1. The molecule has 1 aromatic rings. The van der Waals surface area contributed by atoms with Gasteiger partial charge in [0.2, 0.25) is 0 Å². The van der Waals surface area contributed by atoms with Gasteiger partial charge in [-0.25, -0.2) is 4.79 Å². The lowest BCUT2D eigenvalue weighted by Gasteiger charge is -2.15. The highest BCUT2D eigenvalue weighted by molar-refractivity contribution is 5.97. The molecule has 4 N–H and O–H groups in total. The molecule has 1 unspecified atom stereocenters. The summed E-state index contributed by atoms with van der Waals surface area (Å²) < 4.78 is 5.27. The van der Waals surface area contributed by atoms with Gasteiger partial charge >= 0.3 is 5.97 Å². The molecule has 17 heavy (non-hydrogen) atoms. The number of nitrogen functional groups attached to an aromatic ring is 1. The summed E-state index contributed by atoms with van der Waals surface area (Å²) >= 11 is 0. The number of carboxylic acid groups (broad SMARTS) is 1.